The molecule has 5 rings (SSSR count). The molecule has 158 valence electrons. The SMILES string of the molecule is C[C@@H](Sc1nnc(-c2cccnc2)n1Cc1ccccc1)C(=O)c1c[nH]c2ccccc12. The standard InChI is InChI=1S/C25H21N5OS/c1-17(23(31)21-15-27-22-12-6-5-11-20(21)22)32-25-29-28-24(19-10-7-13-26-14-19)30(25)16-18-8-3-2-4-9-18/h2-15,17,27H,16H2,1H3/t17-/m1/s1. The number of fused-ring (bicyclic) bond motifs is 1. The van der Waals surface area contributed by atoms with E-state index >= 15 is 0 Å². The van der Waals surface area contributed by atoms with Gasteiger partial charge in [-0.3, -0.25) is 14.3 Å². The second-order valence-electron chi connectivity index (χ2n) is 7.49. The molecule has 0 spiro atoms. The van der Waals surface area contributed by atoms with Crippen LogP contribution in [-0.2, 0) is 6.54 Å². The van der Waals surface area contributed by atoms with E-state index in [1.807, 2.05) is 61.5 Å². The molecule has 0 saturated carbocycles. The van der Waals surface area contributed by atoms with Crippen LogP contribution in [0.3, 0.4) is 0 Å². The summed E-state index contributed by atoms with van der Waals surface area (Å²) in [6.07, 6.45) is 5.30. The number of carbonyl (C=O) groups is 1. The lowest BCUT2D eigenvalue weighted by molar-refractivity contribution is 0.0995. The van der Waals surface area contributed by atoms with Crippen molar-refractivity contribution >= 4 is 28.4 Å². The lowest BCUT2D eigenvalue weighted by Crippen LogP contribution is -2.15. The van der Waals surface area contributed by atoms with Crippen LogP contribution in [0.2, 0.25) is 0 Å². The molecule has 0 aliphatic carbocycles. The van der Waals surface area contributed by atoms with Crippen molar-refractivity contribution in [3.05, 3.63) is 96.4 Å². The predicted molar refractivity (Wildman–Crippen MR) is 127 cm³/mol. The molecule has 1 atom stereocenters. The maximum absolute atomic E-state index is 13.3. The molecule has 0 radical (unpaired) electrons. The first kappa shape index (κ1) is 20.2. The quantitative estimate of drug-likeness (QED) is 0.277. The molecule has 7 heteroatoms. The van der Waals surface area contributed by atoms with Crippen molar-refractivity contribution < 1.29 is 4.79 Å². The summed E-state index contributed by atoms with van der Waals surface area (Å²) in [6.45, 7) is 2.52. The number of rotatable bonds is 7. The van der Waals surface area contributed by atoms with Gasteiger partial charge in [-0.25, -0.2) is 0 Å². The van der Waals surface area contributed by atoms with Gasteiger partial charge in [-0.1, -0.05) is 60.3 Å². The minimum absolute atomic E-state index is 0.0599. The van der Waals surface area contributed by atoms with E-state index in [9.17, 15) is 4.79 Å². The maximum Gasteiger partial charge on any atom is 0.192 e. The topological polar surface area (TPSA) is 76.5 Å². The zero-order chi connectivity index (χ0) is 21.9. The van der Waals surface area contributed by atoms with Gasteiger partial charge in [0.15, 0.2) is 16.8 Å². The van der Waals surface area contributed by atoms with Crippen LogP contribution < -0.4 is 0 Å². The average Bonchev–Trinajstić information content (AvgIpc) is 3.44. The lowest BCUT2D eigenvalue weighted by Gasteiger charge is -2.13. The molecule has 3 heterocycles. The van der Waals surface area contributed by atoms with Crippen LogP contribution in [-0.4, -0.2) is 35.8 Å². The van der Waals surface area contributed by atoms with E-state index in [1.54, 1.807) is 18.6 Å². The third kappa shape index (κ3) is 3.94. The van der Waals surface area contributed by atoms with Gasteiger partial charge in [0.2, 0.25) is 0 Å². The number of H-pyrrole nitrogens is 1. The summed E-state index contributed by atoms with van der Waals surface area (Å²) < 4.78 is 2.05. The monoisotopic (exact) mass is 439 g/mol. The summed E-state index contributed by atoms with van der Waals surface area (Å²) in [5, 5.41) is 10.2. The third-order valence-electron chi connectivity index (χ3n) is 5.33. The first-order valence-electron chi connectivity index (χ1n) is 10.3. The van der Waals surface area contributed by atoms with Crippen LogP contribution in [0.5, 0.6) is 0 Å². The van der Waals surface area contributed by atoms with Gasteiger partial charge in [0.1, 0.15) is 0 Å². The van der Waals surface area contributed by atoms with Gasteiger partial charge in [-0.2, -0.15) is 0 Å². The second-order valence-corrected chi connectivity index (χ2v) is 8.80. The Labute approximate surface area is 189 Å². The third-order valence-corrected chi connectivity index (χ3v) is 6.41. The van der Waals surface area contributed by atoms with E-state index in [0.29, 0.717) is 17.3 Å². The first-order chi connectivity index (χ1) is 15.7. The number of nitrogens with zero attached hydrogens (tertiary/aromatic N) is 4. The highest BCUT2D eigenvalue weighted by Gasteiger charge is 2.24. The number of nitrogens with one attached hydrogen (secondary N) is 1. The molecule has 0 unspecified atom stereocenters. The number of pyridine rings is 1. The summed E-state index contributed by atoms with van der Waals surface area (Å²) in [5.41, 5.74) is 3.68. The van der Waals surface area contributed by atoms with Gasteiger partial charge in [0, 0.05) is 40.6 Å². The molecule has 0 aliphatic rings. The van der Waals surface area contributed by atoms with Crippen LogP contribution in [0, 0.1) is 0 Å². The molecule has 32 heavy (non-hydrogen) atoms. The highest BCUT2D eigenvalue weighted by atomic mass is 32.2. The highest BCUT2D eigenvalue weighted by Crippen LogP contribution is 2.30. The summed E-state index contributed by atoms with van der Waals surface area (Å²) >= 11 is 1.43. The van der Waals surface area contributed by atoms with E-state index in [0.717, 1.165) is 27.9 Å². The number of thioether (sulfide) groups is 1. The largest absolute Gasteiger partial charge is 0.360 e. The number of para-hydroxylation sites is 1. The van der Waals surface area contributed by atoms with Crippen LogP contribution in [0.25, 0.3) is 22.3 Å². The smallest absolute Gasteiger partial charge is 0.192 e. The molecule has 6 nitrogen and oxygen atoms in total. The molecule has 2 aromatic carbocycles. The van der Waals surface area contributed by atoms with Crippen molar-refractivity contribution in [1.82, 2.24) is 24.7 Å². The minimum Gasteiger partial charge on any atom is -0.360 e. The fourth-order valence-electron chi connectivity index (χ4n) is 3.70. The Morgan fingerprint density at radius 3 is 2.66 bits per heavy atom. The first-order valence-corrected chi connectivity index (χ1v) is 11.2. The van der Waals surface area contributed by atoms with Gasteiger partial charge in [-0.05, 0) is 30.7 Å². The summed E-state index contributed by atoms with van der Waals surface area (Å²) in [5.74, 6) is 0.792. The minimum atomic E-state index is -0.324. The normalized spacial score (nSPS) is 12.2. The van der Waals surface area contributed by atoms with Crippen molar-refractivity contribution in [3.63, 3.8) is 0 Å². The van der Waals surface area contributed by atoms with Gasteiger partial charge in [-0.15, -0.1) is 10.2 Å². The van der Waals surface area contributed by atoms with Crippen LogP contribution in [0.4, 0.5) is 0 Å². The zero-order valence-corrected chi connectivity index (χ0v) is 18.3. The van der Waals surface area contributed by atoms with E-state index < -0.39 is 0 Å². The van der Waals surface area contributed by atoms with Crippen LogP contribution >= 0.6 is 11.8 Å². The van der Waals surface area contributed by atoms with E-state index in [4.69, 9.17) is 0 Å². The molecular formula is C25H21N5OS. The second kappa shape index (κ2) is 8.80. The van der Waals surface area contributed by atoms with E-state index in [2.05, 4.69) is 36.9 Å². The summed E-state index contributed by atoms with van der Waals surface area (Å²) in [4.78, 5) is 20.7. The number of carbonyl (C=O) groups excluding carboxylic acids is 1. The molecule has 1 N–H and O–H groups in total. The van der Waals surface area contributed by atoms with Gasteiger partial charge >= 0.3 is 0 Å². The zero-order valence-electron chi connectivity index (χ0n) is 17.5. The fraction of sp³-hybridized carbons (Fsp3) is 0.120. The molecule has 0 bridgehead atoms. The van der Waals surface area contributed by atoms with Crippen molar-refractivity contribution in [1.29, 1.82) is 0 Å². The molecule has 5 aromatic rings. The van der Waals surface area contributed by atoms with Gasteiger partial charge in [0.25, 0.3) is 0 Å². The molecule has 0 fully saturated rings. The summed E-state index contributed by atoms with van der Waals surface area (Å²) in [7, 11) is 0. The van der Waals surface area contributed by atoms with E-state index in [-0.39, 0.29) is 11.0 Å². The maximum atomic E-state index is 13.3. The van der Waals surface area contributed by atoms with Crippen LogP contribution in [0.1, 0.15) is 22.8 Å². The molecule has 0 saturated heterocycles. The van der Waals surface area contributed by atoms with Crippen molar-refractivity contribution in [2.24, 2.45) is 0 Å². The fourth-order valence-corrected chi connectivity index (χ4v) is 4.62. The highest BCUT2D eigenvalue weighted by molar-refractivity contribution is 8.00. The molecular weight excluding hydrogens is 418 g/mol. The predicted octanol–water partition coefficient (Wildman–Crippen LogP) is 5.23. The Bertz CT molecular complexity index is 1360. The number of benzene rings is 2. The van der Waals surface area contributed by atoms with Crippen molar-refractivity contribution in [2.45, 2.75) is 23.9 Å². The Morgan fingerprint density at radius 1 is 1.03 bits per heavy atom. The number of hydrogen-bond acceptors (Lipinski definition) is 5. The Hall–Kier alpha value is -3.71. The Morgan fingerprint density at radius 2 is 1.84 bits per heavy atom. The molecule has 0 aliphatic heterocycles. The summed E-state index contributed by atoms with van der Waals surface area (Å²) in [6, 6.07) is 21.9. The number of aromatic nitrogens is 5. The Balaban J connectivity index is 1.47. The molecule has 3 aromatic heterocycles. The molecule has 0 amide bonds. The van der Waals surface area contributed by atoms with Crippen molar-refractivity contribution in [3.8, 4) is 11.4 Å². The average molecular weight is 440 g/mol. The lowest BCUT2D eigenvalue weighted by atomic mass is 10.1. The number of hydrogen-bond donors (Lipinski definition) is 1. The van der Waals surface area contributed by atoms with E-state index in [1.165, 1.54) is 11.8 Å². The van der Waals surface area contributed by atoms with Crippen LogP contribution in [0.15, 0.2) is 90.5 Å². The van der Waals surface area contributed by atoms with Gasteiger partial charge < -0.3 is 4.98 Å². The van der Waals surface area contributed by atoms with Gasteiger partial charge in [0.05, 0.1) is 11.8 Å². The Kier molecular flexibility index (Phi) is 5.56. The number of aromatic amines is 1. The van der Waals surface area contributed by atoms with Crippen molar-refractivity contribution in [2.75, 3.05) is 0 Å². The number of Topliss-reactive ketones (excluding diaryl/α,β-unsaturated/α-hetero) is 1. The number of ketones is 1.